The van der Waals surface area contributed by atoms with Crippen LogP contribution >= 0.6 is 0 Å². The van der Waals surface area contributed by atoms with Crippen LogP contribution in [-0.4, -0.2) is 11.6 Å². The van der Waals surface area contributed by atoms with Gasteiger partial charge in [0.05, 0.1) is 6.42 Å². The van der Waals surface area contributed by atoms with Gasteiger partial charge in [-0.3, -0.25) is 4.79 Å². The largest absolute Gasteiger partial charge is 0.459 e. The molecule has 2 nitrogen and oxygen atoms in total. The number of rotatable bonds is 2. The van der Waals surface area contributed by atoms with Gasteiger partial charge in [0.2, 0.25) is 0 Å². The highest BCUT2D eigenvalue weighted by atomic mass is 16.6. The summed E-state index contributed by atoms with van der Waals surface area (Å²) in [5.41, 5.74) is 3.65. The first kappa shape index (κ1) is 12.2. The fraction of sp³-hybridized carbons (Fsp3) is 0.533. The summed E-state index contributed by atoms with van der Waals surface area (Å²) >= 11 is 0. The molecular weight excluding hydrogens is 212 g/mol. The van der Waals surface area contributed by atoms with Crippen molar-refractivity contribution in [1.82, 2.24) is 0 Å². The molecule has 0 aliphatic carbocycles. The van der Waals surface area contributed by atoms with Gasteiger partial charge in [0.25, 0.3) is 0 Å². The summed E-state index contributed by atoms with van der Waals surface area (Å²) in [7, 11) is 0. The molecule has 0 radical (unpaired) electrons. The van der Waals surface area contributed by atoms with Crippen molar-refractivity contribution >= 4 is 5.97 Å². The van der Waals surface area contributed by atoms with Crippen LogP contribution in [0.3, 0.4) is 0 Å². The minimum Gasteiger partial charge on any atom is -0.459 e. The molecule has 1 atom stereocenters. The van der Waals surface area contributed by atoms with Crippen LogP contribution in [-0.2, 0) is 16.0 Å². The molecule has 92 valence electrons. The summed E-state index contributed by atoms with van der Waals surface area (Å²) in [5, 5.41) is 0. The first-order chi connectivity index (χ1) is 7.90. The van der Waals surface area contributed by atoms with E-state index in [4.69, 9.17) is 4.74 Å². The summed E-state index contributed by atoms with van der Waals surface area (Å²) in [6, 6.07) is 6.34. The van der Waals surface area contributed by atoms with E-state index in [0.29, 0.717) is 6.42 Å². The molecule has 0 unspecified atom stereocenters. The van der Waals surface area contributed by atoms with Gasteiger partial charge in [0.15, 0.2) is 0 Å². The predicted molar refractivity (Wildman–Crippen MR) is 67.9 cm³/mol. The Labute approximate surface area is 103 Å². The third-order valence-electron chi connectivity index (χ3n) is 3.87. The number of carbonyl (C=O) groups excluding carboxylic acids is 1. The Morgan fingerprint density at radius 3 is 2.35 bits per heavy atom. The van der Waals surface area contributed by atoms with Crippen molar-refractivity contribution in [2.24, 2.45) is 5.92 Å². The van der Waals surface area contributed by atoms with Crippen molar-refractivity contribution in [2.75, 3.05) is 0 Å². The maximum atomic E-state index is 11.4. The lowest BCUT2D eigenvalue weighted by molar-refractivity contribution is -0.146. The van der Waals surface area contributed by atoms with E-state index in [0.717, 1.165) is 6.42 Å². The van der Waals surface area contributed by atoms with Crippen molar-refractivity contribution in [1.29, 1.82) is 0 Å². The Morgan fingerprint density at radius 1 is 1.29 bits per heavy atom. The number of cyclic esters (lactones) is 1. The quantitative estimate of drug-likeness (QED) is 0.732. The van der Waals surface area contributed by atoms with E-state index in [1.807, 2.05) is 13.8 Å². The van der Waals surface area contributed by atoms with Crippen molar-refractivity contribution in [3.63, 3.8) is 0 Å². The average molecular weight is 232 g/mol. The van der Waals surface area contributed by atoms with Crippen LogP contribution in [0.25, 0.3) is 0 Å². The van der Waals surface area contributed by atoms with Gasteiger partial charge in [-0.15, -0.1) is 0 Å². The van der Waals surface area contributed by atoms with E-state index >= 15 is 0 Å². The number of ether oxygens (including phenoxy) is 1. The monoisotopic (exact) mass is 232 g/mol. The van der Waals surface area contributed by atoms with Crippen molar-refractivity contribution < 1.29 is 9.53 Å². The molecule has 17 heavy (non-hydrogen) atoms. The second-order valence-electron chi connectivity index (χ2n) is 5.55. The fourth-order valence-electron chi connectivity index (χ4n) is 2.60. The maximum Gasteiger partial charge on any atom is 0.306 e. The standard InChI is InChI=1S/C15H20O2/c1-10-6-5-7-11(2)13(10)8-12-9-14(16)17-15(12,3)4/h5-7,12H,8-9H2,1-4H3/t12-/m1/s1. The molecule has 1 saturated heterocycles. The van der Waals surface area contributed by atoms with Gasteiger partial charge in [0.1, 0.15) is 5.60 Å². The van der Waals surface area contributed by atoms with E-state index in [2.05, 4.69) is 32.0 Å². The Kier molecular flexibility index (Phi) is 2.98. The molecule has 1 heterocycles. The summed E-state index contributed by atoms with van der Waals surface area (Å²) in [6.45, 7) is 8.28. The SMILES string of the molecule is Cc1cccc(C)c1C[C@@H]1CC(=O)OC1(C)C. The number of hydrogen-bond donors (Lipinski definition) is 0. The number of aryl methyl sites for hydroxylation is 2. The molecule has 0 N–H and O–H groups in total. The molecule has 1 fully saturated rings. The van der Waals surface area contributed by atoms with Crippen LogP contribution in [0.4, 0.5) is 0 Å². The lowest BCUT2D eigenvalue weighted by Gasteiger charge is -2.25. The zero-order valence-corrected chi connectivity index (χ0v) is 11.0. The van der Waals surface area contributed by atoms with Crippen LogP contribution in [0.2, 0.25) is 0 Å². The van der Waals surface area contributed by atoms with Gasteiger partial charge in [-0.1, -0.05) is 18.2 Å². The fourth-order valence-corrected chi connectivity index (χ4v) is 2.60. The van der Waals surface area contributed by atoms with Crippen LogP contribution < -0.4 is 0 Å². The van der Waals surface area contributed by atoms with Gasteiger partial charge in [-0.05, 0) is 50.8 Å². The smallest absolute Gasteiger partial charge is 0.306 e. The third kappa shape index (κ3) is 2.36. The van der Waals surface area contributed by atoms with E-state index < -0.39 is 0 Å². The number of benzene rings is 1. The van der Waals surface area contributed by atoms with Gasteiger partial charge < -0.3 is 4.74 Å². The van der Waals surface area contributed by atoms with Crippen LogP contribution in [0, 0.1) is 19.8 Å². The van der Waals surface area contributed by atoms with E-state index in [-0.39, 0.29) is 17.5 Å². The van der Waals surface area contributed by atoms with Crippen LogP contribution in [0.1, 0.15) is 37.0 Å². The minimum absolute atomic E-state index is 0.0637. The molecule has 1 aromatic carbocycles. The number of hydrogen-bond acceptors (Lipinski definition) is 2. The highest BCUT2D eigenvalue weighted by Crippen LogP contribution is 2.35. The molecule has 2 rings (SSSR count). The lowest BCUT2D eigenvalue weighted by Crippen LogP contribution is -2.29. The van der Waals surface area contributed by atoms with E-state index in [1.54, 1.807) is 0 Å². The summed E-state index contributed by atoms with van der Waals surface area (Å²) < 4.78 is 5.37. The van der Waals surface area contributed by atoms with Crippen molar-refractivity contribution in [3.8, 4) is 0 Å². The molecule has 1 aliphatic rings. The predicted octanol–water partition coefficient (Wildman–Crippen LogP) is 3.19. The van der Waals surface area contributed by atoms with Crippen LogP contribution in [0.15, 0.2) is 18.2 Å². The minimum atomic E-state index is -0.328. The summed E-state index contributed by atoms with van der Waals surface area (Å²) in [6.07, 6.45) is 1.47. The normalized spacial score (nSPS) is 22.6. The van der Waals surface area contributed by atoms with Crippen molar-refractivity contribution in [3.05, 3.63) is 34.9 Å². The molecule has 0 amide bonds. The molecule has 0 aromatic heterocycles. The average Bonchev–Trinajstić information content (AvgIpc) is 2.45. The van der Waals surface area contributed by atoms with E-state index in [9.17, 15) is 4.79 Å². The Hall–Kier alpha value is -1.31. The third-order valence-corrected chi connectivity index (χ3v) is 3.87. The summed E-state index contributed by atoms with van der Waals surface area (Å²) in [4.78, 5) is 11.4. The van der Waals surface area contributed by atoms with Gasteiger partial charge in [-0.25, -0.2) is 0 Å². The molecule has 1 aromatic rings. The Bertz CT molecular complexity index is 426. The van der Waals surface area contributed by atoms with Crippen LogP contribution in [0.5, 0.6) is 0 Å². The lowest BCUT2D eigenvalue weighted by atomic mass is 9.83. The zero-order valence-electron chi connectivity index (χ0n) is 11.0. The first-order valence-corrected chi connectivity index (χ1v) is 6.17. The summed E-state index contributed by atoms with van der Waals surface area (Å²) in [5.74, 6) is 0.223. The molecule has 1 aliphatic heterocycles. The molecule has 0 saturated carbocycles. The molecule has 2 heteroatoms. The van der Waals surface area contributed by atoms with E-state index in [1.165, 1.54) is 16.7 Å². The van der Waals surface area contributed by atoms with Gasteiger partial charge in [-0.2, -0.15) is 0 Å². The van der Waals surface area contributed by atoms with Gasteiger partial charge in [0, 0.05) is 5.92 Å². The number of carbonyl (C=O) groups is 1. The first-order valence-electron chi connectivity index (χ1n) is 6.17. The molecular formula is C15H20O2. The maximum absolute atomic E-state index is 11.4. The highest BCUT2D eigenvalue weighted by Gasteiger charge is 2.41. The highest BCUT2D eigenvalue weighted by molar-refractivity contribution is 5.72. The zero-order chi connectivity index (χ0) is 12.6. The van der Waals surface area contributed by atoms with Gasteiger partial charge >= 0.3 is 5.97 Å². The second kappa shape index (κ2) is 4.17. The Morgan fingerprint density at radius 2 is 1.88 bits per heavy atom. The topological polar surface area (TPSA) is 26.3 Å². The second-order valence-corrected chi connectivity index (χ2v) is 5.55. The molecule has 0 bridgehead atoms. The molecule has 0 spiro atoms. The Balaban J connectivity index is 2.24. The van der Waals surface area contributed by atoms with Crippen molar-refractivity contribution in [2.45, 2.75) is 46.1 Å². The number of esters is 1.